The fourth-order valence-corrected chi connectivity index (χ4v) is 2.60. The van der Waals surface area contributed by atoms with Gasteiger partial charge >= 0.3 is 6.03 Å². The first-order valence-electron chi connectivity index (χ1n) is 6.79. The summed E-state index contributed by atoms with van der Waals surface area (Å²) in [5, 5.41) is 5.54. The molecule has 0 spiro atoms. The fraction of sp³-hybridized carbons (Fsp3) is 0.188. The normalized spacial score (nSPS) is 12.5. The standard InChI is InChI=1S/C16H18N2O3S/c1-12(13-8-10-15(11-9-13)22(2,20)21)17-16(19)18-14-6-4-3-5-7-14/h3-12H,1-2H3,(H2,17,18,19)/t12-/m1/s1. The first kappa shape index (κ1) is 16.0. The second-order valence-corrected chi connectivity index (χ2v) is 7.04. The molecule has 2 aromatic rings. The van der Waals surface area contributed by atoms with Crippen LogP contribution in [0.25, 0.3) is 0 Å². The lowest BCUT2D eigenvalue weighted by atomic mass is 10.1. The van der Waals surface area contributed by atoms with Gasteiger partial charge in [-0.3, -0.25) is 0 Å². The number of hydrogen-bond donors (Lipinski definition) is 2. The molecule has 1 atom stereocenters. The van der Waals surface area contributed by atoms with Crippen LogP contribution >= 0.6 is 0 Å². The van der Waals surface area contributed by atoms with Gasteiger partial charge < -0.3 is 10.6 Å². The summed E-state index contributed by atoms with van der Waals surface area (Å²) >= 11 is 0. The quantitative estimate of drug-likeness (QED) is 0.910. The maximum atomic E-state index is 11.9. The third-order valence-electron chi connectivity index (χ3n) is 3.19. The Morgan fingerprint density at radius 1 is 1.00 bits per heavy atom. The van der Waals surface area contributed by atoms with E-state index in [-0.39, 0.29) is 17.0 Å². The molecule has 0 radical (unpaired) electrons. The van der Waals surface area contributed by atoms with Crippen molar-refractivity contribution in [3.63, 3.8) is 0 Å². The minimum absolute atomic E-state index is 0.239. The van der Waals surface area contributed by atoms with E-state index in [1.54, 1.807) is 24.3 Å². The SMILES string of the molecule is C[C@@H](NC(=O)Nc1ccccc1)c1ccc(S(C)(=O)=O)cc1. The molecule has 0 bridgehead atoms. The van der Waals surface area contributed by atoms with Crippen LogP contribution in [0.3, 0.4) is 0 Å². The number of urea groups is 1. The van der Waals surface area contributed by atoms with E-state index in [1.165, 1.54) is 12.1 Å². The number of rotatable bonds is 4. The molecular formula is C16H18N2O3S. The molecule has 0 aliphatic carbocycles. The lowest BCUT2D eigenvalue weighted by Gasteiger charge is -2.15. The van der Waals surface area contributed by atoms with Crippen molar-refractivity contribution in [3.8, 4) is 0 Å². The number of nitrogens with one attached hydrogen (secondary N) is 2. The van der Waals surface area contributed by atoms with Crippen molar-refractivity contribution in [2.24, 2.45) is 0 Å². The van der Waals surface area contributed by atoms with E-state index in [4.69, 9.17) is 0 Å². The van der Waals surface area contributed by atoms with Crippen molar-refractivity contribution in [2.75, 3.05) is 11.6 Å². The van der Waals surface area contributed by atoms with E-state index < -0.39 is 9.84 Å². The number of carbonyl (C=O) groups is 1. The van der Waals surface area contributed by atoms with Crippen LogP contribution in [0.2, 0.25) is 0 Å². The summed E-state index contributed by atoms with van der Waals surface area (Å²) in [5.41, 5.74) is 1.54. The summed E-state index contributed by atoms with van der Waals surface area (Å²) in [6.07, 6.45) is 1.16. The van der Waals surface area contributed by atoms with E-state index in [2.05, 4.69) is 10.6 Å². The first-order chi connectivity index (χ1) is 10.4. The Bertz CT molecular complexity index is 741. The van der Waals surface area contributed by atoms with Crippen molar-refractivity contribution in [3.05, 3.63) is 60.2 Å². The Balaban J connectivity index is 2.00. The van der Waals surface area contributed by atoms with Crippen LogP contribution in [0.5, 0.6) is 0 Å². The molecule has 0 aromatic heterocycles. The molecule has 0 fully saturated rings. The van der Waals surface area contributed by atoms with Gasteiger partial charge in [-0.15, -0.1) is 0 Å². The van der Waals surface area contributed by atoms with Gasteiger partial charge in [0.2, 0.25) is 0 Å². The van der Waals surface area contributed by atoms with E-state index >= 15 is 0 Å². The van der Waals surface area contributed by atoms with Crippen LogP contribution in [-0.4, -0.2) is 20.7 Å². The van der Waals surface area contributed by atoms with Gasteiger partial charge in [0.25, 0.3) is 0 Å². The Kier molecular flexibility index (Phi) is 4.82. The smallest absolute Gasteiger partial charge is 0.319 e. The topological polar surface area (TPSA) is 75.3 Å². The van der Waals surface area contributed by atoms with Crippen molar-refractivity contribution in [1.82, 2.24) is 5.32 Å². The molecule has 5 nitrogen and oxygen atoms in total. The zero-order valence-corrected chi connectivity index (χ0v) is 13.2. The minimum atomic E-state index is -3.21. The number of amides is 2. The third-order valence-corrected chi connectivity index (χ3v) is 4.32. The Hall–Kier alpha value is -2.34. The molecule has 0 saturated carbocycles. The maximum absolute atomic E-state index is 11.9. The summed E-state index contributed by atoms with van der Waals surface area (Å²) in [6.45, 7) is 1.83. The summed E-state index contributed by atoms with van der Waals surface area (Å²) in [6, 6.07) is 15.1. The van der Waals surface area contributed by atoms with Gasteiger partial charge in [-0.05, 0) is 36.8 Å². The van der Waals surface area contributed by atoms with Crippen LogP contribution < -0.4 is 10.6 Å². The number of anilines is 1. The Morgan fingerprint density at radius 3 is 2.14 bits per heavy atom. The molecule has 0 aliphatic rings. The number of sulfone groups is 1. The van der Waals surface area contributed by atoms with Crippen LogP contribution in [-0.2, 0) is 9.84 Å². The third kappa shape index (κ3) is 4.33. The molecule has 2 rings (SSSR count). The molecule has 2 N–H and O–H groups in total. The molecule has 22 heavy (non-hydrogen) atoms. The number of hydrogen-bond acceptors (Lipinski definition) is 3. The zero-order chi connectivity index (χ0) is 16.2. The lowest BCUT2D eigenvalue weighted by Crippen LogP contribution is -2.31. The van der Waals surface area contributed by atoms with Gasteiger partial charge in [-0.2, -0.15) is 0 Å². The van der Waals surface area contributed by atoms with E-state index in [9.17, 15) is 13.2 Å². The lowest BCUT2D eigenvalue weighted by molar-refractivity contribution is 0.249. The molecule has 2 aromatic carbocycles. The molecular weight excluding hydrogens is 300 g/mol. The highest BCUT2D eigenvalue weighted by Crippen LogP contribution is 2.16. The minimum Gasteiger partial charge on any atom is -0.331 e. The predicted molar refractivity (Wildman–Crippen MR) is 86.6 cm³/mol. The molecule has 0 unspecified atom stereocenters. The van der Waals surface area contributed by atoms with Crippen molar-refractivity contribution < 1.29 is 13.2 Å². The average Bonchev–Trinajstić information content (AvgIpc) is 2.47. The van der Waals surface area contributed by atoms with E-state index in [0.29, 0.717) is 5.69 Å². The summed E-state index contributed by atoms with van der Waals surface area (Å²) < 4.78 is 22.8. The van der Waals surface area contributed by atoms with Crippen molar-refractivity contribution >= 4 is 21.6 Å². The molecule has 0 saturated heterocycles. The predicted octanol–water partition coefficient (Wildman–Crippen LogP) is 2.97. The number of benzene rings is 2. The second kappa shape index (κ2) is 6.62. The van der Waals surface area contributed by atoms with E-state index in [0.717, 1.165) is 11.8 Å². The van der Waals surface area contributed by atoms with Crippen molar-refractivity contribution in [2.45, 2.75) is 17.9 Å². The maximum Gasteiger partial charge on any atom is 0.319 e. The van der Waals surface area contributed by atoms with E-state index in [1.807, 2.05) is 25.1 Å². The molecule has 0 aliphatic heterocycles. The Morgan fingerprint density at radius 2 is 1.59 bits per heavy atom. The van der Waals surface area contributed by atoms with Gasteiger partial charge in [0.05, 0.1) is 10.9 Å². The summed E-state index contributed by atoms with van der Waals surface area (Å²) in [5.74, 6) is 0. The van der Waals surface area contributed by atoms with Gasteiger partial charge in [-0.1, -0.05) is 30.3 Å². The molecule has 0 heterocycles. The molecule has 116 valence electrons. The highest BCUT2D eigenvalue weighted by molar-refractivity contribution is 7.90. The summed E-state index contributed by atoms with van der Waals surface area (Å²) in [7, 11) is -3.21. The number of carbonyl (C=O) groups excluding carboxylic acids is 1. The molecule has 6 heteroatoms. The van der Waals surface area contributed by atoms with Gasteiger partial charge in [-0.25, -0.2) is 13.2 Å². The van der Waals surface area contributed by atoms with Gasteiger partial charge in [0.1, 0.15) is 0 Å². The monoisotopic (exact) mass is 318 g/mol. The van der Waals surface area contributed by atoms with Crippen LogP contribution in [0.4, 0.5) is 10.5 Å². The van der Waals surface area contributed by atoms with Crippen LogP contribution in [0, 0.1) is 0 Å². The molecule has 2 amide bonds. The largest absolute Gasteiger partial charge is 0.331 e. The van der Waals surface area contributed by atoms with Gasteiger partial charge in [0.15, 0.2) is 9.84 Å². The van der Waals surface area contributed by atoms with Crippen molar-refractivity contribution in [1.29, 1.82) is 0 Å². The second-order valence-electron chi connectivity index (χ2n) is 5.03. The van der Waals surface area contributed by atoms with Crippen LogP contribution in [0.1, 0.15) is 18.5 Å². The fourth-order valence-electron chi connectivity index (χ4n) is 1.97. The van der Waals surface area contributed by atoms with Gasteiger partial charge in [0, 0.05) is 11.9 Å². The first-order valence-corrected chi connectivity index (χ1v) is 8.68. The average molecular weight is 318 g/mol. The highest BCUT2D eigenvalue weighted by atomic mass is 32.2. The van der Waals surface area contributed by atoms with Crippen LogP contribution in [0.15, 0.2) is 59.5 Å². The zero-order valence-electron chi connectivity index (χ0n) is 12.4. The summed E-state index contributed by atoms with van der Waals surface area (Å²) in [4.78, 5) is 12.2. The highest BCUT2D eigenvalue weighted by Gasteiger charge is 2.11. The Labute approximate surface area is 130 Å². The number of para-hydroxylation sites is 1.